The molecule has 2 aromatic carbocycles. The number of rotatable bonds is 5. The Hall–Kier alpha value is -2.75. The highest BCUT2D eigenvalue weighted by atomic mass is 16.5. The topological polar surface area (TPSA) is 62.3 Å². The summed E-state index contributed by atoms with van der Waals surface area (Å²) in [5.41, 5.74) is 2.96. The van der Waals surface area contributed by atoms with Gasteiger partial charge in [-0.25, -0.2) is 0 Å². The third-order valence-corrected chi connectivity index (χ3v) is 3.95. The lowest BCUT2D eigenvalue weighted by Crippen LogP contribution is -2.11. The molecule has 0 bridgehead atoms. The van der Waals surface area contributed by atoms with Gasteiger partial charge in [0.1, 0.15) is 5.75 Å². The van der Waals surface area contributed by atoms with Gasteiger partial charge in [-0.15, -0.1) is 0 Å². The number of hydrogen-bond acceptors (Lipinski definition) is 3. The Kier molecular flexibility index (Phi) is 4.33. The molecule has 0 spiro atoms. The van der Waals surface area contributed by atoms with Crippen molar-refractivity contribution >= 4 is 16.9 Å². The summed E-state index contributed by atoms with van der Waals surface area (Å²) in [5, 5.41) is 10.7. The molecule has 4 heteroatoms. The van der Waals surface area contributed by atoms with E-state index in [0.29, 0.717) is 6.61 Å². The van der Waals surface area contributed by atoms with E-state index in [9.17, 15) is 9.90 Å². The van der Waals surface area contributed by atoms with Crippen LogP contribution in [0.5, 0.6) is 5.75 Å². The van der Waals surface area contributed by atoms with Crippen LogP contribution < -0.4 is 0 Å². The lowest BCUT2D eigenvalue weighted by Gasteiger charge is -2.16. The van der Waals surface area contributed by atoms with Crippen LogP contribution in [-0.4, -0.2) is 22.7 Å². The average molecular weight is 309 g/mol. The van der Waals surface area contributed by atoms with E-state index in [2.05, 4.69) is 4.98 Å². The van der Waals surface area contributed by atoms with E-state index < -0.39 is 0 Å². The van der Waals surface area contributed by atoms with Crippen molar-refractivity contribution in [2.75, 3.05) is 6.61 Å². The van der Waals surface area contributed by atoms with Crippen molar-refractivity contribution in [2.24, 2.45) is 0 Å². The summed E-state index contributed by atoms with van der Waals surface area (Å²) in [5.74, 6) is -0.136. The van der Waals surface area contributed by atoms with Crippen molar-refractivity contribution < 1.29 is 14.6 Å². The van der Waals surface area contributed by atoms with Gasteiger partial charge in [0.15, 0.2) is 0 Å². The fourth-order valence-electron chi connectivity index (χ4n) is 2.90. The number of phenols is 1. The second-order valence-corrected chi connectivity index (χ2v) is 5.45. The van der Waals surface area contributed by atoms with E-state index in [1.54, 1.807) is 19.1 Å². The Morgan fingerprint density at radius 1 is 1.22 bits per heavy atom. The SMILES string of the molecule is CCOC(=O)CC(c1ccccc1)c1c[nH]c2ccc(O)cc12. The van der Waals surface area contributed by atoms with E-state index in [-0.39, 0.29) is 24.1 Å². The molecule has 0 saturated carbocycles. The lowest BCUT2D eigenvalue weighted by molar-refractivity contribution is -0.143. The minimum Gasteiger partial charge on any atom is -0.508 e. The fraction of sp³-hybridized carbons (Fsp3) is 0.211. The van der Waals surface area contributed by atoms with Crippen LogP contribution in [0.25, 0.3) is 10.9 Å². The average Bonchev–Trinajstić information content (AvgIpc) is 2.96. The van der Waals surface area contributed by atoms with Crippen LogP contribution in [0.1, 0.15) is 30.4 Å². The summed E-state index contributed by atoms with van der Waals surface area (Å²) in [6.07, 6.45) is 2.17. The van der Waals surface area contributed by atoms with Crippen LogP contribution in [0, 0.1) is 0 Å². The lowest BCUT2D eigenvalue weighted by atomic mass is 9.88. The molecule has 1 aromatic heterocycles. The van der Waals surface area contributed by atoms with E-state index in [1.165, 1.54) is 0 Å². The van der Waals surface area contributed by atoms with Gasteiger partial charge in [0.25, 0.3) is 0 Å². The number of carbonyl (C=O) groups is 1. The van der Waals surface area contributed by atoms with Crippen LogP contribution in [0.4, 0.5) is 0 Å². The second kappa shape index (κ2) is 6.57. The quantitative estimate of drug-likeness (QED) is 0.701. The minimum absolute atomic E-state index is 0.120. The van der Waals surface area contributed by atoms with Gasteiger partial charge in [-0.05, 0) is 36.2 Å². The summed E-state index contributed by atoms with van der Waals surface area (Å²) in [6, 6.07) is 15.1. The molecule has 2 N–H and O–H groups in total. The summed E-state index contributed by atoms with van der Waals surface area (Å²) < 4.78 is 5.13. The third kappa shape index (κ3) is 3.21. The normalized spacial score (nSPS) is 12.2. The number of carbonyl (C=O) groups excluding carboxylic acids is 1. The maximum Gasteiger partial charge on any atom is 0.306 e. The molecule has 0 aliphatic carbocycles. The van der Waals surface area contributed by atoms with Crippen molar-refractivity contribution in [1.82, 2.24) is 4.98 Å². The van der Waals surface area contributed by atoms with Crippen LogP contribution in [-0.2, 0) is 9.53 Å². The maximum absolute atomic E-state index is 12.0. The van der Waals surface area contributed by atoms with E-state index in [0.717, 1.165) is 22.0 Å². The molecule has 23 heavy (non-hydrogen) atoms. The second-order valence-electron chi connectivity index (χ2n) is 5.45. The maximum atomic E-state index is 12.0. The number of benzene rings is 2. The molecule has 3 aromatic rings. The molecule has 0 aliphatic rings. The van der Waals surface area contributed by atoms with Crippen LogP contribution >= 0.6 is 0 Å². The Morgan fingerprint density at radius 2 is 2.00 bits per heavy atom. The highest BCUT2D eigenvalue weighted by Crippen LogP contribution is 2.34. The first-order chi connectivity index (χ1) is 11.2. The van der Waals surface area contributed by atoms with Gasteiger partial charge in [0.05, 0.1) is 13.0 Å². The standard InChI is InChI=1S/C19H19NO3/c1-2-23-19(22)11-15(13-6-4-3-5-7-13)17-12-20-18-9-8-14(21)10-16(17)18/h3-10,12,15,20-21H,2,11H2,1H3. The molecular formula is C19H19NO3. The first kappa shape index (κ1) is 15.2. The van der Waals surface area contributed by atoms with E-state index in [1.807, 2.05) is 42.6 Å². The van der Waals surface area contributed by atoms with Crippen molar-refractivity contribution in [2.45, 2.75) is 19.3 Å². The molecule has 0 saturated heterocycles. The summed E-state index contributed by atoms with van der Waals surface area (Å²) in [6.45, 7) is 2.17. The molecule has 0 radical (unpaired) electrons. The number of hydrogen-bond donors (Lipinski definition) is 2. The van der Waals surface area contributed by atoms with Crippen LogP contribution in [0.15, 0.2) is 54.7 Å². The van der Waals surface area contributed by atoms with Gasteiger partial charge in [0.2, 0.25) is 0 Å². The number of aromatic amines is 1. The van der Waals surface area contributed by atoms with Crippen molar-refractivity contribution in [3.63, 3.8) is 0 Å². The zero-order chi connectivity index (χ0) is 16.2. The Bertz CT molecular complexity index is 808. The van der Waals surface area contributed by atoms with Crippen molar-refractivity contribution in [1.29, 1.82) is 0 Å². The highest BCUT2D eigenvalue weighted by Gasteiger charge is 2.22. The first-order valence-electron chi connectivity index (χ1n) is 7.69. The van der Waals surface area contributed by atoms with Gasteiger partial charge >= 0.3 is 5.97 Å². The Balaban J connectivity index is 2.06. The molecule has 0 fully saturated rings. The largest absolute Gasteiger partial charge is 0.508 e. The van der Waals surface area contributed by atoms with Crippen LogP contribution in [0.3, 0.4) is 0 Å². The first-order valence-corrected chi connectivity index (χ1v) is 7.69. The molecule has 3 rings (SSSR count). The number of aromatic nitrogens is 1. The van der Waals surface area contributed by atoms with Crippen molar-refractivity contribution in [3.05, 3.63) is 65.9 Å². The summed E-state index contributed by atoms with van der Waals surface area (Å²) >= 11 is 0. The Labute approximate surface area is 134 Å². The Morgan fingerprint density at radius 3 is 2.74 bits per heavy atom. The zero-order valence-electron chi connectivity index (χ0n) is 13.0. The summed E-state index contributed by atoms with van der Waals surface area (Å²) in [7, 11) is 0. The van der Waals surface area contributed by atoms with Gasteiger partial charge < -0.3 is 14.8 Å². The number of esters is 1. The zero-order valence-corrected chi connectivity index (χ0v) is 13.0. The predicted molar refractivity (Wildman–Crippen MR) is 89.5 cm³/mol. The van der Waals surface area contributed by atoms with Crippen molar-refractivity contribution in [3.8, 4) is 5.75 Å². The van der Waals surface area contributed by atoms with Gasteiger partial charge in [-0.2, -0.15) is 0 Å². The number of H-pyrrole nitrogens is 1. The van der Waals surface area contributed by atoms with Gasteiger partial charge in [-0.3, -0.25) is 4.79 Å². The van der Waals surface area contributed by atoms with E-state index >= 15 is 0 Å². The number of aromatic hydroxyl groups is 1. The number of ether oxygens (including phenoxy) is 1. The fourth-order valence-corrected chi connectivity index (χ4v) is 2.90. The van der Waals surface area contributed by atoms with Gasteiger partial charge in [-0.1, -0.05) is 30.3 Å². The highest BCUT2D eigenvalue weighted by molar-refractivity contribution is 5.86. The van der Waals surface area contributed by atoms with Gasteiger partial charge in [0, 0.05) is 23.0 Å². The molecule has 1 atom stereocenters. The number of phenolic OH excluding ortho intramolecular Hbond substituents is 1. The molecule has 0 aliphatic heterocycles. The molecule has 4 nitrogen and oxygen atoms in total. The molecular weight excluding hydrogens is 290 g/mol. The molecule has 1 unspecified atom stereocenters. The third-order valence-electron chi connectivity index (χ3n) is 3.95. The monoisotopic (exact) mass is 309 g/mol. The smallest absolute Gasteiger partial charge is 0.306 e. The number of nitrogens with one attached hydrogen (secondary N) is 1. The summed E-state index contributed by atoms with van der Waals surface area (Å²) in [4.78, 5) is 15.3. The molecule has 118 valence electrons. The van der Waals surface area contributed by atoms with E-state index in [4.69, 9.17) is 4.74 Å². The molecule has 0 amide bonds. The molecule has 1 heterocycles. The predicted octanol–water partition coefficient (Wildman–Crippen LogP) is 3.96. The minimum atomic E-state index is -0.226. The van der Waals surface area contributed by atoms with Crippen LogP contribution in [0.2, 0.25) is 0 Å². The number of fused-ring (bicyclic) bond motifs is 1.